The van der Waals surface area contributed by atoms with Crippen molar-refractivity contribution in [1.29, 1.82) is 0 Å². The van der Waals surface area contributed by atoms with E-state index in [1.165, 1.54) is 24.3 Å². The molecule has 0 radical (unpaired) electrons. The lowest BCUT2D eigenvalue weighted by molar-refractivity contribution is 0.625. The summed E-state index contributed by atoms with van der Waals surface area (Å²) in [6, 6.07) is 13.7. The highest BCUT2D eigenvalue weighted by atomic mass is 32.2. The third-order valence-electron chi connectivity index (χ3n) is 3.69. The zero-order chi connectivity index (χ0) is 16.9. The van der Waals surface area contributed by atoms with Gasteiger partial charge in [0.05, 0.1) is 11.8 Å². The maximum absolute atomic E-state index is 13.2. The van der Waals surface area contributed by atoms with Crippen molar-refractivity contribution in [1.82, 2.24) is 9.78 Å². The van der Waals surface area contributed by atoms with E-state index in [1.54, 1.807) is 41.2 Å². The molecule has 2 aromatic carbocycles. The molecule has 1 heterocycles. The molecule has 0 saturated heterocycles. The first kappa shape index (κ1) is 16.5. The number of benzene rings is 2. The van der Waals surface area contributed by atoms with Crippen LogP contribution in [0.5, 0.6) is 0 Å². The van der Waals surface area contributed by atoms with Crippen LogP contribution in [0, 0.1) is 11.6 Å². The van der Waals surface area contributed by atoms with Gasteiger partial charge in [0.2, 0.25) is 0 Å². The molecule has 0 spiro atoms. The van der Waals surface area contributed by atoms with Gasteiger partial charge in [-0.25, -0.2) is 8.78 Å². The summed E-state index contributed by atoms with van der Waals surface area (Å²) >= 11 is 0. The molecule has 0 unspecified atom stereocenters. The molecule has 0 fully saturated rings. The third-order valence-corrected chi connectivity index (χ3v) is 5.34. The first-order valence-electron chi connectivity index (χ1n) is 7.49. The third kappa shape index (κ3) is 3.94. The largest absolute Gasteiger partial charge is 0.272 e. The van der Waals surface area contributed by atoms with Crippen molar-refractivity contribution < 1.29 is 13.0 Å². The second-order valence-corrected chi connectivity index (χ2v) is 6.98. The molecule has 1 aromatic heterocycles. The minimum Gasteiger partial charge on any atom is -0.272 e. The van der Waals surface area contributed by atoms with Gasteiger partial charge < -0.3 is 0 Å². The number of nitrogens with zero attached hydrogens (tertiary/aromatic N) is 2. The molecule has 24 heavy (non-hydrogen) atoms. The minimum absolute atomic E-state index is 0.348. The van der Waals surface area contributed by atoms with E-state index in [2.05, 4.69) is 5.10 Å². The van der Waals surface area contributed by atoms with E-state index in [-0.39, 0.29) is 11.6 Å². The van der Waals surface area contributed by atoms with Gasteiger partial charge in [0, 0.05) is 28.9 Å². The molecule has 0 aliphatic heterocycles. The Labute approximate surface area is 141 Å². The van der Waals surface area contributed by atoms with Gasteiger partial charge in [0.1, 0.15) is 11.6 Å². The number of rotatable bonds is 6. The van der Waals surface area contributed by atoms with Crippen LogP contribution in [0.15, 0.2) is 67.0 Å². The maximum atomic E-state index is 13.2. The van der Waals surface area contributed by atoms with E-state index in [0.717, 1.165) is 11.1 Å². The van der Waals surface area contributed by atoms with Gasteiger partial charge in [-0.15, -0.1) is 0 Å². The lowest BCUT2D eigenvalue weighted by atomic mass is 10.0. The number of hydrogen-bond donors (Lipinski definition) is 0. The molecular weight excluding hydrogens is 330 g/mol. The van der Waals surface area contributed by atoms with Crippen LogP contribution in [-0.2, 0) is 17.3 Å². The molecule has 3 aromatic rings. The summed E-state index contributed by atoms with van der Waals surface area (Å²) in [4.78, 5) is 0. The van der Waals surface area contributed by atoms with E-state index >= 15 is 0 Å². The van der Waals surface area contributed by atoms with Crippen molar-refractivity contribution in [3.8, 4) is 0 Å². The van der Waals surface area contributed by atoms with Crippen molar-refractivity contribution in [3.63, 3.8) is 0 Å². The van der Waals surface area contributed by atoms with Crippen LogP contribution in [0.3, 0.4) is 0 Å². The topological polar surface area (TPSA) is 34.9 Å². The van der Waals surface area contributed by atoms with Gasteiger partial charge in [-0.2, -0.15) is 5.10 Å². The standard InChI is InChI=1S/C18H16F2N2OS/c19-16-6-2-14(3-7-16)18(15-4-8-17(20)9-5-15)24(23)13-12-22-11-1-10-21-22/h1-11,18H,12-13H2/t24-/m1/s1. The molecule has 6 heteroatoms. The fourth-order valence-electron chi connectivity index (χ4n) is 2.51. The molecule has 3 nitrogen and oxygen atoms in total. The Kier molecular flexibility index (Phi) is 5.15. The molecule has 124 valence electrons. The van der Waals surface area contributed by atoms with Gasteiger partial charge in [-0.05, 0) is 41.5 Å². The molecule has 0 N–H and O–H groups in total. The van der Waals surface area contributed by atoms with Gasteiger partial charge in [-0.1, -0.05) is 24.3 Å². The lowest BCUT2D eigenvalue weighted by Gasteiger charge is -2.18. The Morgan fingerprint density at radius 3 is 1.96 bits per heavy atom. The Bertz CT molecular complexity index is 757. The molecule has 0 aliphatic rings. The minimum atomic E-state index is -1.26. The first-order valence-corrected chi connectivity index (χ1v) is 8.87. The average Bonchev–Trinajstić information content (AvgIpc) is 3.10. The summed E-state index contributed by atoms with van der Waals surface area (Å²) < 4.78 is 41.0. The first-order chi connectivity index (χ1) is 11.6. The normalized spacial score (nSPS) is 12.5. The van der Waals surface area contributed by atoms with Crippen LogP contribution < -0.4 is 0 Å². The number of hydrogen-bond acceptors (Lipinski definition) is 2. The van der Waals surface area contributed by atoms with Crippen LogP contribution in [0.2, 0.25) is 0 Å². The molecule has 0 saturated carbocycles. The Morgan fingerprint density at radius 1 is 0.958 bits per heavy atom. The molecule has 0 aliphatic carbocycles. The smallest absolute Gasteiger partial charge is 0.123 e. The molecule has 0 amide bonds. The molecule has 1 atom stereocenters. The van der Waals surface area contributed by atoms with Gasteiger partial charge in [0.15, 0.2) is 0 Å². The summed E-state index contributed by atoms with van der Waals surface area (Å²) in [5.74, 6) is -0.306. The fourth-order valence-corrected chi connectivity index (χ4v) is 4.03. The zero-order valence-electron chi connectivity index (χ0n) is 12.8. The predicted molar refractivity (Wildman–Crippen MR) is 89.9 cm³/mol. The monoisotopic (exact) mass is 346 g/mol. The SMILES string of the molecule is O=[S@](CCn1cccn1)C(c1ccc(F)cc1)c1ccc(F)cc1. The second kappa shape index (κ2) is 7.49. The lowest BCUT2D eigenvalue weighted by Crippen LogP contribution is -2.16. The number of aromatic nitrogens is 2. The van der Waals surface area contributed by atoms with Crippen LogP contribution in [0.25, 0.3) is 0 Å². The van der Waals surface area contributed by atoms with Gasteiger partial charge >= 0.3 is 0 Å². The number of aryl methyl sites for hydroxylation is 1. The highest BCUT2D eigenvalue weighted by Gasteiger charge is 2.21. The van der Waals surface area contributed by atoms with E-state index in [1.807, 2.05) is 6.20 Å². The summed E-state index contributed by atoms with van der Waals surface area (Å²) in [6.07, 6.45) is 3.47. The fraction of sp³-hybridized carbons (Fsp3) is 0.167. The van der Waals surface area contributed by atoms with Crippen LogP contribution >= 0.6 is 0 Å². The van der Waals surface area contributed by atoms with Crippen molar-refractivity contribution in [2.24, 2.45) is 0 Å². The van der Waals surface area contributed by atoms with Gasteiger partial charge in [-0.3, -0.25) is 8.89 Å². The van der Waals surface area contributed by atoms with E-state index in [4.69, 9.17) is 0 Å². The Morgan fingerprint density at radius 2 is 1.50 bits per heavy atom. The summed E-state index contributed by atoms with van der Waals surface area (Å²) in [6.45, 7) is 0.512. The summed E-state index contributed by atoms with van der Waals surface area (Å²) in [5.41, 5.74) is 1.48. The van der Waals surface area contributed by atoms with Crippen LogP contribution in [0.1, 0.15) is 16.4 Å². The highest BCUT2D eigenvalue weighted by molar-refractivity contribution is 7.85. The molecule has 3 rings (SSSR count). The Balaban J connectivity index is 1.87. The molecular formula is C18H16F2N2OS. The second-order valence-electron chi connectivity index (χ2n) is 5.34. The Hall–Kier alpha value is -2.34. The maximum Gasteiger partial charge on any atom is 0.123 e. The van der Waals surface area contributed by atoms with Crippen molar-refractivity contribution in [3.05, 3.63) is 89.8 Å². The summed E-state index contributed by atoms with van der Waals surface area (Å²) in [5, 5.41) is 3.66. The summed E-state index contributed by atoms with van der Waals surface area (Å²) in [7, 11) is -1.26. The predicted octanol–water partition coefficient (Wildman–Crippen LogP) is 3.70. The van der Waals surface area contributed by atoms with Crippen molar-refractivity contribution in [2.45, 2.75) is 11.8 Å². The average molecular weight is 346 g/mol. The van der Waals surface area contributed by atoms with E-state index in [9.17, 15) is 13.0 Å². The van der Waals surface area contributed by atoms with Gasteiger partial charge in [0.25, 0.3) is 0 Å². The van der Waals surface area contributed by atoms with Crippen LogP contribution in [0.4, 0.5) is 8.78 Å². The van der Waals surface area contributed by atoms with Crippen LogP contribution in [-0.4, -0.2) is 19.7 Å². The van der Waals surface area contributed by atoms with Crippen molar-refractivity contribution >= 4 is 10.8 Å². The molecule has 0 bridgehead atoms. The van der Waals surface area contributed by atoms with E-state index < -0.39 is 16.0 Å². The zero-order valence-corrected chi connectivity index (χ0v) is 13.6. The van der Waals surface area contributed by atoms with E-state index in [0.29, 0.717) is 12.3 Å². The van der Waals surface area contributed by atoms with Crippen molar-refractivity contribution in [2.75, 3.05) is 5.75 Å². The quantitative estimate of drug-likeness (QED) is 0.682. The highest BCUT2D eigenvalue weighted by Crippen LogP contribution is 2.29. The number of halogens is 2.